The molecular weight excluding hydrogens is 515 g/mol. The van der Waals surface area contributed by atoms with E-state index in [4.69, 9.17) is 11.6 Å². The molecule has 0 spiro atoms. The third-order valence-electron chi connectivity index (χ3n) is 7.13. The molecule has 4 atom stereocenters. The zero-order valence-corrected chi connectivity index (χ0v) is 21.5. The van der Waals surface area contributed by atoms with Gasteiger partial charge in [-0.3, -0.25) is 0 Å². The minimum atomic E-state index is -4.28. The maximum atomic E-state index is 14.1. The molecule has 0 bridgehead atoms. The van der Waals surface area contributed by atoms with Crippen molar-refractivity contribution in [2.45, 2.75) is 34.9 Å². The van der Waals surface area contributed by atoms with Gasteiger partial charge in [-0.05, 0) is 0 Å². The molecule has 190 valence electrons. The molecule has 0 radical (unpaired) electrons. The van der Waals surface area contributed by atoms with Crippen LogP contribution in [0.3, 0.4) is 0 Å². The molecule has 2 aromatic carbocycles. The van der Waals surface area contributed by atoms with Gasteiger partial charge in [0.15, 0.2) is 5.82 Å². The fraction of sp³-hybridized carbons (Fsp3) is 0.364. The van der Waals surface area contributed by atoms with E-state index in [1.807, 2.05) is 0 Å². The Labute approximate surface area is 215 Å². The van der Waals surface area contributed by atoms with Gasteiger partial charge >= 0.3 is 196 Å². The summed E-state index contributed by atoms with van der Waals surface area (Å²) in [5.41, 5.74) is -2.02. The number of halogens is 4. The summed E-state index contributed by atoms with van der Waals surface area (Å²) < 4.78 is 66.9. The Bertz CT molecular complexity index is 1330. The molecule has 0 aliphatic heterocycles. The first-order valence-electron chi connectivity index (χ1n) is 11.1. The zero-order chi connectivity index (χ0) is 27.2. The molecule has 3 N–H and O–H groups in total. The number of carbonyl (C=O) groups excluding carboxylic acids is 1. The van der Waals surface area contributed by atoms with Gasteiger partial charge in [0, 0.05) is 0 Å². The van der Waals surface area contributed by atoms with Crippen molar-refractivity contribution in [1.82, 2.24) is 0 Å². The van der Waals surface area contributed by atoms with E-state index in [1.165, 1.54) is 20.0 Å². The van der Waals surface area contributed by atoms with Gasteiger partial charge in [-0.1, -0.05) is 0 Å². The van der Waals surface area contributed by atoms with Gasteiger partial charge in [-0.25, -0.2) is 13.2 Å². The Morgan fingerprint density at radius 2 is 1.81 bits per heavy atom. The van der Waals surface area contributed by atoms with Crippen molar-refractivity contribution < 1.29 is 36.6 Å². The molecule has 1 fully saturated rings. The fourth-order valence-electron chi connectivity index (χ4n) is 4.95. The molecule has 14 heteroatoms. The van der Waals surface area contributed by atoms with Gasteiger partial charge in [-0.15, -0.1) is 0 Å². The number of sulfone groups is 1. The van der Waals surface area contributed by atoms with Crippen LogP contribution < -0.4 is 5.32 Å². The van der Waals surface area contributed by atoms with Crippen LogP contribution in [0.1, 0.15) is 30.1 Å². The zero-order valence-electron chi connectivity index (χ0n) is 19.9. The molecule has 0 saturated heterocycles. The summed E-state index contributed by atoms with van der Waals surface area (Å²) in [6.45, 7) is 1.10. The number of rotatable bonds is 6. The average Bonchev–Trinajstić information content (AvgIpc) is 2.79. The van der Waals surface area contributed by atoms with E-state index in [2.05, 4.69) is 12.8 Å². The Hall–Kier alpha value is -2.08. The van der Waals surface area contributed by atoms with Gasteiger partial charge in [-0.2, -0.15) is 0 Å². The molecule has 36 heavy (non-hydrogen) atoms. The van der Waals surface area contributed by atoms with Crippen LogP contribution in [0.4, 0.5) is 18.9 Å². The van der Waals surface area contributed by atoms with Crippen LogP contribution in [0.5, 0.6) is 0 Å². The van der Waals surface area contributed by atoms with Gasteiger partial charge < -0.3 is 0 Å². The molecule has 6 nitrogen and oxygen atoms in total. The summed E-state index contributed by atoms with van der Waals surface area (Å²) in [7, 11) is 2.80. The third-order valence-corrected chi connectivity index (χ3v) is 10.3. The summed E-state index contributed by atoms with van der Waals surface area (Å²) in [5, 5.41) is 23.0. The summed E-state index contributed by atoms with van der Waals surface area (Å²) in [6.07, 6.45) is -0.0408. The molecule has 1 aliphatic carbocycles. The summed E-state index contributed by atoms with van der Waals surface area (Å²) in [6, 6.07) is 4.69. The Kier molecular flexibility index (Phi) is 7.92. The SMILES string of the molecule is B=C(B)[C@H]1C[C@](O)(CO)CC(C)[C@]1(B)S(=O)(=O)c1cc(C(=O)Nc2cc(F)c(F)c(F)c2)ccc1Cl. The van der Waals surface area contributed by atoms with E-state index in [0.717, 1.165) is 6.07 Å². The van der Waals surface area contributed by atoms with Gasteiger partial charge in [0.05, 0.1) is 0 Å². The molecule has 0 aromatic heterocycles. The molecule has 1 amide bonds. The Balaban J connectivity index is 2.05. The number of hydrogen-bond acceptors (Lipinski definition) is 5. The number of amides is 1. The number of aliphatic hydroxyl groups is 2. The van der Waals surface area contributed by atoms with E-state index in [9.17, 15) is 36.6 Å². The van der Waals surface area contributed by atoms with Crippen LogP contribution in [0.15, 0.2) is 35.2 Å². The fourth-order valence-corrected chi connectivity index (χ4v) is 7.72. The molecule has 1 unspecified atom stereocenters. The van der Waals surface area contributed by atoms with Gasteiger partial charge in [0.25, 0.3) is 0 Å². The van der Waals surface area contributed by atoms with E-state index >= 15 is 0 Å². The number of hydrogen-bond donors (Lipinski definition) is 3. The quantitative estimate of drug-likeness (QED) is 0.368. The Morgan fingerprint density at radius 3 is 2.33 bits per heavy atom. The van der Waals surface area contributed by atoms with E-state index in [1.54, 1.807) is 14.8 Å². The predicted octanol–water partition coefficient (Wildman–Crippen LogP) is 0.546. The Morgan fingerprint density at radius 1 is 1.22 bits per heavy atom. The second-order valence-corrected chi connectivity index (χ2v) is 12.4. The number of benzene rings is 2. The predicted molar refractivity (Wildman–Crippen MR) is 139 cm³/mol. The second kappa shape index (κ2) is 10.0. The van der Waals surface area contributed by atoms with Crippen molar-refractivity contribution >= 4 is 61.6 Å². The van der Waals surface area contributed by atoms with Crippen LogP contribution in [0, 0.1) is 29.3 Å². The van der Waals surface area contributed by atoms with Gasteiger partial charge in [0.2, 0.25) is 0 Å². The number of carbonyl (C=O) groups is 1. The number of aliphatic hydroxyl groups excluding tert-OH is 1. The normalized spacial score (nSPS) is 26.4. The first kappa shape index (κ1) is 28.5. The van der Waals surface area contributed by atoms with Crippen LogP contribution in [0.2, 0.25) is 5.02 Å². The molecule has 1 aliphatic rings. The molecule has 0 heterocycles. The summed E-state index contributed by atoms with van der Waals surface area (Å²) in [4.78, 5) is 12.4. The van der Waals surface area contributed by atoms with Crippen molar-refractivity contribution in [3.63, 3.8) is 0 Å². The minimum absolute atomic E-state index is 0.00248. The topological polar surface area (TPSA) is 104 Å². The average molecular weight is 539 g/mol. The van der Waals surface area contributed by atoms with Crippen molar-refractivity contribution in [2.75, 3.05) is 11.9 Å². The first-order chi connectivity index (χ1) is 16.6. The second-order valence-electron chi connectivity index (χ2n) is 9.63. The molecule has 2 aromatic rings. The van der Waals surface area contributed by atoms with Gasteiger partial charge in [0.1, 0.15) is 0 Å². The van der Waals surface area contributed by atoms with Crippen LogP contribution in [-0.2, 0) is 9.84 Å². The van der Waals surface area contributed by atoms with E-state index in [-0.39, 0.29) is 34.0 Å². The van der Waals surface area contributed by atoms with E-state index in [0.29, 0.717) is 17.5 Å². The summed E-state index contributed by atoms with van der Waals surface area (Å²) in [5.74, 6) is -6.99. The van der Waals surface area contributed by atoms with Crippen molar-refractivity contribution in [2.24, 2.45) is 11.8 Å². The number of anilines is 1. The molecule has 1 saturated carbocycles. The summed E-state index contributed by atoms with van der Waals surface area (Å²) >= 11 is 6.28. The van der Waals surface area contributed by atoms with Crippen LogP contribution in [0.25, 0.3) is 0 Å². The van der Waals surface area contributed by atoms with Crippen molar-refractivity contribution in [3.8, 4) is 0 Å². The maximum absolute atomic E-state index is 14.1. The number of nitrogens with one attached hydrogen (secondary N) is 1. The van der Waals surface area contributed by atoms with E-state index < -0.39 is 61.9 Å². The van der Waals surface area contributed by atoms with Crippen LogP contribution in [-0.4, -0.2) is 69.9 Å². The van der Waals surface area contributed by atoms with Crippen molar-refractivity contribution in [3.05, 3.63) is 58.4 Å². The van der Waals surface area contributed by atoms with Crippen LogP contribution >= 0.6 is 11.6 Å². The monoisotopic (exact) mass is 539 g/mol. The molecular formula is C22H24B3ClF3NO5S. The van der Waals surface area contributed by atoms with Crippen molar-refractivity contribution in [1.29, 1.82) is 0 Å². The first-order valence-corrected chi connectivity index (χ1v) is 12.9. The third kappa shape index (κ3) is 4.90. The standard InChI is InChI=1S/C22H24B3ClF3NO5S/c1-10-7-21(33,9-31)8-13(19(23)24)22(10,25)36(34,35)17-4-11(2-3-14(17)26)20(32)30-12-5-15(27)18(29)16(28)6-12/h2-6,10,13,23,31,33H,7-9,24-25H2,1H3,(H,30,32)/t10?,13-,21+,22+/m1/s1. The molecule has 3 rings (SSSR count).